The molecule has 12 atom stereocenters. The molecule has 4 fully saturated rings. The Balaban J connectivity index is 1.69. The van der Waals surface area contributed by atoms with Gasteiger partial charge in [0.05, 0.1) is 18.3 Å². The Morgan fingerprint density at radius 3 is 2.23 bits per heavy atom. The molecule has 12 unspecified atom stereocenters. The van der Waals surface area contributed by atoms with Crippen LogP contribution < -0.4 is 0 Å². The molecule has 0 saturated heterocycles. The van der Waals surface area contributed by atoms with E-state index in [9.17, 15) is 10.2 Å². The lowest BCUT2D eigenvalue weighted by molar-refractivity contribution is -0.265. The molecule has 0 bridgehead atoms. The van der Waals surface area contributed by atoms with Gasteiger partial charge in [-0.15, -0.1) is 0 Å². The number of allylic oxidation sites excluding steroid dienone is 2. The average Bonchev–Trinajstić information content (AvgIpc) is 3.15. The quantitative estimate of drug-likeness (QED) is 0.236. The van der Waals surface area contributed by atoms with Crippen LogP contribution in [-0.4, -0.2) is 62.9 Å². The fourth-order valence-electron chi connectivity index (χ4n) is 10.8. The molecule has 39 heavy (non-hydrogen) atoms. The Bertz CT molecular complexity index is 842. The fourth-order valence-corrected chi connectivity index (χ4v) is 10.8. The summed E-state index contributed by atoms with van der Waals surface area (Å²) in [6, 6.07) is 0. The zero-order chi connectivity index (χ0) is 28.6. The van der Waals surface area contributed by atoms with E-state index >= 15 is 0 Å². The third-order valence-corrected chi connectivity index (χ3v) is 12.6. The van der Waals surface area contributed by atoms with Crippen molar-refractivity contribution in [3.05, 3.63) is 11.6 Å². The summed E-state index contributed by atoms with van der Waals surface area (Å²) in [6.45, 7) is 15.0. The van der Waals surface area contributed by atoms with Gasteiger partial charge < -0.3 is 29.2 Å². The lowest BCUT2D eigenvalue weighted by atomic mass is 9.36. The van der Waals surface area contributed by atoms with Gasteiger partial charge in [0.25, 0.3) is 0 Å². The van der Waals surface area contributed by atoms with Crippen LogP contribution in [0.3, 0.4) is 0 Å². The zero-order valence-corrected chi connectivity index (χ0v) is 26.1. The number of ether oxygens (including phenoxy) is 4. The molecule has 2 N–H and O–H groups in total. The molecule has 0 aromatic heterocycles. The second-order valence-corrected chi connectivity index (χ2v) is 14.6. The molecule has 6 heteroatoms. The molecule has 4 aliphatic rings. The number of methoxy groups -OCH3 is 2. The maximum atomic E-state index is 11.7. The first-order valence-electron chi connectivity index (χ1n) is 15.6. The van der Waals surface area contributed by atoms with E-state index in [1.54, 1.807) is 14.2 Å². The summed E-state index contributed by atoms with van der Waals surface area (Å²) in [5, 5.41) is 22.3. The van der Waals surface area contributed by atoms with Crippen molar-refractivity contribution in [2.45, 2.75) is 111 Å². The van der Waals surface area contributed by atoms with E-state index in [0.29, 0.717) is 37.3 Å². The summed E-state index contributed by atoms with van der Waals surface area (Å²) in [4.78, 5) is 0. The van der Waals surface area contributed by atoms with E-state index in [4.69, 9.17) is 18.9 Å². The van der Waals surface area contributed by atoms with E-state index < -0.39 is 0 Å². The molecular formula is C33H58O6. The monoisotopic (exact) mass is 550 g/mol. The van der Waals surface area contributed by atoms with Crippen molar-refractivity contribution in [1.29, 1.82) is 0 Å². The first-order chi connectivity index (χ1) is 18.5. The minimum absolute atomic E-state index is 0.000763. The van der Waals surface area contributed by atoms with Crippen LogP contribution in [-0.2, 0) is 18.9 Å². The van der Waals surface area contributed by atoms with Crippen molar-refractivity contribution in [3.63, 3.8) is 0 Å². The second-order valence-electron chi connectivity index (χ2n) is 14.6. The molecule has 4 saturated carbocycles. The summed E-state index contributed by atoms with van der Waals surface area (Å²) >= 11 is 0. The third kappa shape index (κ3) is 5.41. The summed E-state index contributed by atoms with van der Waals surface area (Å²) in [6.07, 6.45) is 10.3. The van der Waals surface area contributed by atoms with Crippen LogP contribution in [0.2, 0.25) is 0 Å². The highest BCUT2D eigenvalue weighted by molar-refractivity contribution is 5.20. The molecule has 226 valence electrons. The summed E-state index contributed by atoms with van der Waals surface area (Å²) in [5.74, 6) is 1.93. The van der Waals surface area contributed by atoms with E-state index in [0.717, 1.165) is 44.9 Å². The lowest BCUT2D eigenvalue weighted by Crippen LogP contribution is -2.66. The highest BCUT2D eigenvalue weighted by Gasteiger charge is 2.71. The van der Waals surface area contributed by atoms with Gasteiger partial charge in [0, 0.05) is 20.8 Å². The minimum atomic E-state index is -0.384. The molecule has 0 radical (unpaired) electrons. The van der Waals surface area contributed by atoms with Crippen LogP contribution in [0, 0.1) is 51.8 Å². The number of hydrogen-bond acceptors (Lipinski definition) is 6. The Labute approximate surface area is 238 Å². The van der Waals surface area contributed by atoms with Crippen molar-refractivity contribution >= 4 is 0 Å². The standard InChI is InChI=1S/C33H58O6/c1-21(2)10-9-11-23(18-34)29-25-16-28(39-20-37-8)30-31(4)14-13-27(38-19-36-7)22(3)24(31)12-15-32(30,5)33(25,6)17-26(29)35/h10,22-30,34-35H,9,11-20H2,1-8H3. The van der Waals surface area contributed by atoms with Crippen LogP contribution in [0.5, 0.6) is 0 Å². The lowest BCUT2D eigenvalue weighted by Gasteiger charge is -2.70. The predicted octanol–water partition coefficient (Wildman–Crippen LogP) is 6.20. The molecule has 0 amide bonds. The van der Waals surface area contributed by atoms with Crippen molar-refractivity contribution in [2.24, 2.45) is 51.8 Å². The van der Waals surface area contributed by atoms with Gasteiger partial charge in [-0.05, 0) is 117 Å². The van der Waals surface area contributed by atoms with E-state index in [1.165, 1.54) is 12.0 Å². The molecule has 0 spiro atoms. The van der Waals surface area contributed by atoms with Crippen LogP contribution >= 0.6 is 0 Å². The smallest absolute Gasteiger partial charge is 0.146 e. The van der Waals surface area contributed by atoms with Crippen LogP contribution in [0.1, 0.15) is 92.9 Å². The molecular weight excluding hydrogens is 492 g/mol. The Morgan fingerprint density at radius 1 is 0.949 bits per heavy atom. The van der Waals surface area contributed by atoms with E-state index in [1.807, 2.05) is 0 Å². The van der Waals surface area contributed by atoms with E-state index in [2.05, 4.69) is 47.6 Å². The summed E-state index contributed by atoms with van der Waals surface area (Å²) in [7, 11) is 3.41. The number of hydrogen-bond donors (Lipinski definition) is 2. The van der Waals surface area contributed by atoms with Gasteiger partial charge in [0.15, 0.2) is 0 Å². The Hall–Kier alpha value is -0.500. The number of rotatable bonds is 11. The van der Waals surface area contributed by atoms with Crippen LogP contribution in [0.25, 0.3) is 0 Å². The predicted molar refractivity (Wildman–Crippen MR) is 154 cm³/mol. The molecule has 4 rings (SSSR count). The third-order valence-electron chi connectivity index (χ3n) is 12.6. The van der Waals surface area contributed by atoms with Gasteiger partial charge in [-0.2, -0.15) is 0 Å². The Morgan fingerprint density at radius 2 is 1.62 bits per heavy atom. The SMILES string of the molecule is COCOC1CCC2(C)C(CCC3(C)C2C(OCOC)CC2C(C(CO)CCC=C(C)C)C(O)CC23C)C1C. The van der Waals surface area contributed by atoms with Crippen LogP contribution in [0.15, 0.2) is 11.6 Å². The number of aliphatic hydroxyl groups is 2. The molecule has 0 heterocycles. The molecule has 6 nitrogen and oxygen atoms in total. The van der Waals surface area contributed by atoms with Crippen molar-refractivity contribution in [1.82, 2.24) is 0 Å². The molecule has 0 aromatic carbocycles. The zero-order valence-electron chi connectivity index (χ0n) is 26.1. The second kappa shape index (κ2) is 12.4. The largest absolute Gasteiger partial charge is 0.396 e. The first kappa shape index (κ1) is 31.4. The van der Waals surface area contributed by atoms with Crippen molar-refractivity contribution in [3.8, 4) is 0 Å². The van der Waals surface area contributed by atoms with Gasteiger partial charge in [-0.1, -0.05) is 39.3 Å². The van der Waals surface area contributed by atoms with Gasteiger partial charge >= 0.3 is 0 Å². The molecule has 4 aliphatic carbocycles. The highest BCUT2D eigenvalue weighted by atomic mass is 16.7. The van der Waals surface area contributed by atoms with Gasteiger partial charge in [-0.25, -0.2) is 0 Å². The van der Waals surface area contributed by atoms with E-state index in [-0.39, 0.29) is 53.0 Å². The maximum absolute atomic E-state index is 11.7. The van der Waals surface area contributed by atoms with Crippen molar-refractivity contribution < 1.29 is 29.2 Å². The van der Waals surface area contributed by atoms with Gasteiger partial charge in [0.2, 0.25) is 0 Å². The highest BCUT2D eigenvalue weighted by Crippen LogP contribution is 2.75. The van der Waals surface area contributed by atoms with Crippen molar-refractivity contribution in [2.75, 3.05) is 34.4 Å². The van der Waals surface area contributed by atoms with Gasteiger partial charge in [0.1, 0.15) is 13.6 Å². The van der Waals surface area contributed by atoms with Crippen LogP contribution in [0.4, 0.5) is 0 Å². The fraction of sp³-hybridized carbons (Fsp3) is 0.939. The van der Waals surface area contributed by atoms with Gasteiger partial charge in [-0.3, -0.25) is 0 Å². The first-order valence-corrected chi connectivity index (χ1v) is 15.6. The topological polar surface area (TPSA) is 77.4 Å². The summed E-state index contributed by atoms with van der Waals surface area (Å²) < 4.78 is 23.6. The number of fused-ring (bicyclic) bond motifs is 5. The normalized spacial score (nSPS) is 46.2. The molecule has 0 aromatic rings. The maximum Gasteiger partial charge on any atom is 0.146 e. The molecule has 0 aliphatic heterocycles. The average molecular weight is 551 g/mol. The summed E-state index contributed by atoms with van der Waals surface area (Å²) in [5.41, 5.74) is 1.48. The minimum Gasteiger partial charge on any atom is -0.396 e. The number of aliphatic hydroxyl groups excluding tert-OH is 2. The Kier molecular flexibility index (Phi) is 9.99.